The molecule has 5 heteroatoms. The highest BCUT2D eigenvalue weighted by Gasteiger charge is 2.30. The van der Waals surface area contributed by atoms with Crippen LogP contribution in [-0.2, 0) is 11.3 Å². The Morgan fingerprint density at radius 1 is 1.56 bits per heavy atom. The summed E-state index contributed by atoms with van der Waals surface area (Å²) in [6.07, 6.45) is 0.417. The minimum Gasteiger partial charge on any atom is -0.497 e. The van der Waals surface area contributed by atoms with Crippen molar-refractivity contribution < 1.29 is 19.0 Å². The summed E-state index contributed by atoms with van der Waals surface area (Å²) >= 11 is 0. The van der Waals surface area contributed by atoms with Crippen molar-refractivity contribution in [2.45, 2.75) is 32.4 Å². The van der Waals surface area contributed by atoms with Crippen LogP contribution in [0.5, 0.6) is 5.75 Å². The van der Waals surface area contributed by atoms with E-state index in [1.165, 1.54) is 13.2 Å². The van der Waals surface area contributed by atoms with Crippen LogP contribution in [0.2, 0.25) is 0 Å². The molecule has 0 amide bonds. The van der Waals surface area contributed by atoms with Gasteiger partial charge >= 0.3 is 5.97 Å². The summed E-state index contributed by atoms with van der Waals surface area (Å²) in [5, 5.41) is 11.9. The first kappa shape index (κ1) is 14.4. The van der Waals surface area contributed by atoms with Gasteiger partial charge in [-0.25, -0.2) is 4.39 Å². The highest BCUT2D eigenvalue weighted by molar-refractivity contribution is 5.78. The monoisotopic (exact) mass is 255 g/mol. The first-order valence-electron chi connectivity index (χ1n) is 5.73. The molecule has 0 aliphatic rings. The normalized spacial score (nSPS) is 14.0. The number of ether oxygens (including phenoxy) is 1. The van der Waals surface area contributed by atoms with E-state index < -0.39 is 17.3 Å². The van der Waals surface area contributed by atoms with Crippen LogP contribution < -0.4 is 10.1 Å². The zero-order valence-corrected chi connectivity index (χ0v) is 10.8. The molecule has 0 radical (unpaired) electrons. The summed E-state index contributed by atoms with van der Waals surface area (Å²) in [5.41, 5.74) is -0.636. The highest BCUT2D eigenvalue weighted by Crippen LogP contribution is 2.17. The van der Waals surface area contributed by atoms with Crippen molar-refractivity contribution in [3.05, 3.63) is 29.6 Å². The number of hydrogen-bond acceptors (Lipinski definition) is 3. The van der Waals surface area contributed by atoms with Gasteiger partial charge in [0.1, 0.15) is 17.1 Å². The maximum absolute atomic E-state index is 13.6. The summed E-state index contributed by atoms with van der Waals surface area (Å²) in [5.74, 6) is -0.919. The molecule has 0 fully saturated rings. The SMILES string of the molecule is CCC(C)(NCc1ccc(OC)cc1F)C(=O)O. The number of rotatable bonds is 6. The molecule has 0 saturated carbocycles. The molecule has 1 unspecified atom stereocenters. The van der Waals surface area contributed by atoms with Crippen molar-refractivity contribution in [3.8, 4) is 5.75 Å². The predicted molar refractivity (Wildman–Crippen MR) is 66.1 cm³/mol. The average Bonchev–Trinajstić information content (AvgIpc) is 2.36. The molecule has 1 aromatic carbocycles. The number of carboxylic acid groups (broad SMARTS) is 1. The fourth-order valence-electron chi connectivity index (χ4n) is 1.44. The number of hydrogen-bond donors (Lipinski definition) is 2. The number of carbonyl (C=O) groups is 1. The van der Waals surface area contributed by atoms with Gasteiger partial charge < -0.3 is 9.84 Å². The molecule has 0 saturated heterocycles. The average molecular weight is 255 g/mol. The Hall–Kier alpha value is -1.62. The maximum atomic E-state index is 13.6. The smallest absolute Gasteiger partial charge is 0.323 e. The number of carboxylic acids is 1. The molecule has 1 aromatic rings. The van der Waals surface area contributed by atoms with Crippen LogP contribution >= 0.6 is 0 Å². The third-order valence-electron chi connectivity index (χ3n) is 3.11. The number of nitrogens with one attached hydrogen (secondary N) is 1. The molecule has 0 bridgehead atoms. The van der Waals surface area contributed by atoms with Gasteiger partial charge in [0.25, 0.3) is 0 Å². The van der Waals surface area contributed by atoms with Crippen LogP contribution in [0.4, 0.5) is 4.39 Å². The van der Waals surface area contributed by atoms with E-state index in [-0.39, 0.29) is 6.54 Å². The number of halogens is 1. The molecule has 0 aliphatic heterocycles. The van der Waals surface area contributed by atoms with Crippen molar-refractivity contribution in [1.82, 2.24) is 5.32 Å². The van der Waals surface area contributed by atoms with Crippen molar-refractivity contribution in [2.75, 3.05) is 7.11 Å². The molecule has 0 heterocycles. The Balaban J connectivity index is 2.77. The second-order valence-corrected chi connectivity index (χ2v) is 4.30. The molecule has 100 valence electrons. The number of methoxy groups -OCH3 is 1. The van der Waals surface area contributed by atoms with E-state index in [1.54, 1.807) is 26.0 Å². The zero-order chi connectivity index (χ0) is 13.8. The number of benzene rings is 1. The Kier molecular flexibility index (Phi) is 4.67. The minimum atomic E-state index is -1.05. The quantitative estimate of drug-likeness (QED) is 0.818. The van der Waals surface area contributed by atoms with Gasteiger partial charge in [0, 0.05) is 18.2 Å². The molecule has 1 atom stereocenters. The van der Waals surface area contributed by atoms with Gasteiger partial charge in [-0.1, -0.05) is 13.0 Å². The summed E-state index contributed by atoms with van der Waals surface area (Å²) in [4.78, 5) is 11.1. The van der Waals surface area contributed by atoms with Crippen LogP contribution in [0.15, 0.2) is 18.2 Å². The third-order valence-corrected chi connectivity index (χ3v) is 3.11. The van der Waals surface area contributed by atoms with Crippen molar-refractivity contribution >= 4 is 5.97 Å². The minimum absolute atomic E-state index is 0.159. The van der Waals surface area contributed by atoms with Crippen molar-refractivity contribution in [3.63, 3.8) is 0 Å². The summed E-state index contributed by atoms with van der Waals surface area (Å²) in [6.45, 7) is 3.51. The van der Waals surface area contributed by atoms with Crippen LogP contribution in [0.25, 0.3) is 0 Å². The summed E-state index contributed by atoms with van der Waals surface area (Å²) in [7, 11) is 1.46. The van der Waals surface area contributed by atoms with Gasteiger partial charge in [0.2, 0.25) is 0 Å². The molecule has 2 N–H and O–H groups in total. The van der Waals surface area contributed by atoms with E-state index in [1.807, 2.05) is 0 Å². The Labute approximate surface area is 106 Å². The number of aliphatic carboxylic acids is 1. The molecule has 18 heavy (non-hydrogen) atoms. The highest BCUT2D eigenvalue weighted by atomic mass is 19.1. The third kappa shape index (κ3) is 3.20. The molecular formula is C13H18FNO3. The molecule has 0 spiro atoms. The van der Waals surface area contributed by atoms with Crippen molar-refractivity contribution in [1.29, 1.82) is 0 Å². The molecule has 0 aromatic heterocycles. The molecular weight excluding hydrogens is 237 g/mol. The first-order chi connectivity index (χ1) is 8.42. The topological polar surface area (TPSA) is 58.6 Å². The van der Waals surface area contributed by atoms with Gasteiger partial charge in [0.15, 0.2) is 0 Å². The van der Waals surface area contributed by atoms with Crippen LogP contribution in [0.3, 0.4) is 0 Å². The molecule has 0 aliphatic carbocycles. The Morgan fingerprint density at radius 2 is 2.22 bits per heavy atom. The van der Waals surface area contributed by atoms with Crippen LogP contribution in [0, 0.1) is 5.82 Å². The van der Waals surface area contributed by atoms with Crippen LogP contribution in [-0.4, -0.2) is 23.7 Å². The van der Waals surface area contributed by atoms with Crippen molar-refractivity contribution in [2.24, 2.45) is 0 Å². The van der Waals surface area contributed by atoms with E-state index in [4.69, 9.17) is 9.84 Å². The Morgan fingerprint density at radius 3 is 2.67 bits per heavy atom. The predicted octanol–water partition coefficient (Wildman–Crippen LogP) is 2.18. The lowest BCUT2D eigenvalue weighted by atomic mass is 9.99. The van der Waals surface area contributed by atoms with Gasteiger partial charge in [-0.15, -0.1) is 0 Å². The summed E-state index contributed by atoms with van der Waals surface area (Å²) in [6, 6.07) is 4.50. The van der Waals surface area contributed by atoms with E-state index in [9.17, 15) is 9.18 Å². The van der Waals surface area contributed by atoms with Gasteiger partial charge in [-0.3, -0.25) is 10.1 Å². The standard InChI is InChI=1S/C13H18FNO3/c1-4-13(2,12(16)17)15-8-9-5-6-10(18-3)7-11(9)14/h5-7,15H,4,8H2,1-3H3,(H,16,17). The first-order valence-corrected chi connectivity index (χ1v) is 5.73. The molecule has 4 nitrogen and oxygen atoms in total. The fraction of sp³-hybridized carbons (Fsp3) is 0.462. The second kappa shape index (κ2) is 5.82. The van der Waals surface area contributed by atoms with Gasteiger partial charge in [0.05, 0.1) is 7.11 Å². The molecule has 1 rings (SSSR count). The lowest BCUT2D eigenvalue weighted by Crippen LogP contribution is -2.48. The summed E-state index contributed by atoms with van der Waals surface area (Å²) < 4.78 is 18.6. The lowest BCUT2D eigenvalue weighted by Gasteiger charge is -2.24. The second-order valence-electron chi connectivity index (χ2n) is 4.30. The van der Waals surface area contributed by atoms with E-state index in [0.717, 1.165) is 0 Å². The van der Waals surface area contributed by atoms with Crippen LogP contribution in [0.1, 0.15) is 25.8 Å². The van der Waals surface area contributed by atoms with E-state index >= 15 is 0 Å². The largest absolute Gasteiger partial charge is 0.497 e. The van der Waals surface area contributed by atoms with E-state index in [2.05, 4.69) is 5.32 Å². The Bertz CT molecular complexity index is 436. The van der Waals surface area contributed by atoms with E-state index in [0.29, 0.717) is 17.7 Å². The van der Waals surface area contributed by atoms with Gasteiger partial charge in [-0.05, 0) is 19.4 Å². The lowest BCUT2D eigenvalue weighted by molar-refractivity contribution is -0.144. The zero-order valence-electron chi connectivity index (χ0n) is 10.8. The maximum Gasteiger partial charge on any atom is 0.323 e. The van der Waals surface area contributed by atoms with Gasteiger partial charge in [-0.2, -0.15) is 0 Å². The fourth-order valence-corrected chi connectivity index (χ4v) is 1.44.